The molecule has 0 N–H and O–H groups in total. The Morgan fingerprint density at radius 1 is 0.426 bits per heavy atom. The number of fused-ring (bicyclic) bond motifs is 2. The van der Waals surface area contributed by atoms with Gasteiger partial charge in [-0.2, -0.15) is 0 Å². The van der Waals surface area contributed by atoms with E-state index in [9.17, 15) is 0 Å². The van der Waals surface area contributed by atoms with Crippen molar-refractivity contribution < 1.29 is 42.6 Å². The van der Waals surface area contributed by atoms with E-state index in [1.807, 2.05) is 103 Å². The van der Waals surface area contributed by atoms with Gasteiger partial charge in [-0.05, 0) is 57.0 Å². The summed E-state index contributed by atoms with van der Waals surface area (Å²) in [6, 6.07) is 65.7. The molecule has 2 saturated heterocycles. The molecule has 0 unspecified atom stereocenters. The predicted octanol–water partition coefficient (Wildman–Crippen LogP) is 11.3. The van der Waals surface area contributed by atoms with Gasteiger partial charge >= 0.3 is 0 Å². The summed E-state index contributed by atoms with van der Waals surface area (Å²) in [5.41, 5.74) is 6.13. The lowest BCUT2D eigenvalue weighted by Gasteiger charge is -2.51. The van der Waals surface area contributed by atoms with Crippen LogP contribution in [0.3, 0.4) is 0 Å². The Morgan fingerprint density at radius 2 is 0.912 bits per heavy atom. The van der Waals surface area contributed by atoms with Crippen LogP contribution in [0.2, 0.25) is 0 Å². The zero-order chi connectivity index (χ0) is 45.9. The molecule has 9 heteroatoms. The summed E-state index contributed by atoms with van der Waals surface area (Å²) in [4.78, 5) is 0. The van der Waals surface area contributed by atoms with Crippen LogP contribution in [0.4, 0.5) is 0 Å². The Morgan fingerprint density at radius 3 is 1.50 bits per heavy atom. The highest BCUT2D eigenvalue weighted by Crippen LogP contribution is 2.41. The van der Waals surface area contributed by atoms with E-state index < -0.39 is 55.3 Å². The lowest BCUT2D eigenvalue weighted by molar-refractivity contribution is -0.387. The van der Waals surface area contributed by atoms with Gasteiger partial charge in [0.1, 0.15) is 36.6 Å². The molecule has 68 heavy (non-hydrogen) atoms. The second-order valence-electron chi connectivity index (χ2n) is 18.1. The van der Waals surface area contributed by atoms with Gasteiger partial charge in [0, 0.05) is 5.56 Å². The van der Waals surface area contributed by atoms with Crippen molar-refractivity contribution >= 4 is 10.8 Å². The topological polar surface area (TPSA) is 83.1 Å². The summed E-state index contributed by atoms with van der Waals surface area (Å²) in [5, 5.41) is 2.34. The molecule has 1 aliphatic carbocycles. The Labute approximate surface area is 399 Å². The predicted molar refractivity (Wildman–Crippen MR) is 260 cm³/mol. The Balaban J connectivity index is 1.01. The number of hydrogen-bond donors (Lipinski definition) is 0. The van der Waals surface area contributed by atoms with Crippen molar-refractivity contribution in [2.75, 3.05) is 6.61 Å². The quantitative estimate of drug-likeness (QED) is 0.0836. The molecular formula is C59H60O9. The van der Waals surface area contributed by atoms with Crippen LogP contribution in [0.5, 0.6) is 0 Å². The van der Waals surface area contributed by atoms with Crippen LogP contribution in [-0.4, -0.2) is 61.7 Å². The minimum Gasteiger partial charge on any atom is -0.371 e. The maximum absolute atomic E-state index is 7.51. The minimum absolute atomic E-state index is 0.0414. The fourth-order valence-corrected chi connectivity index (χ4v) is 9.69. The first kappa shape index (κ1) is 46.2. The SMILES string of the molecule is C[C@@H]1C[C@@H](OCc2ccc3ccccc3c2)[C@H](O[C@H]2O[C@@H]3CO[C@@H](c4ccccc4)O[C@H]3[C@H](OCc3ccccc3)[C@H]2OCc2ccccc2)[C@H](OCc2ccccc2)[C@H]1OCc1ccccc1. The first-order valence-corrected chi connectivity index (χ1v) is 24.0. The molecule has 2 aliphatic heterocycles. The first-order valence-electron chi connectivity index (χ1n) is 24.0. The molecule has 0 aromatic heterocycles. The van der Waals surface area contributed by atoms with E-state index in [0.29, 0.717) is 32.8 Å². The Kier molecular flexibility index (Phi) is 15.4. The van der Waals surface area contributed by atoms with E-state index in [4.69, 9.17) is 42.6 Å². The highest BCUT2D eigenvalue weighted by Gasteiger charge is 2.55. The fraction of sp³-hybridized carbons (Fsp3) is 0.322. The minimum atomic E-state index is -0.955. The fourth-order valence-electron chi connectivity index (χ4n) is 9.69. The van der Waals surface area contributed by atoms with Crippen molar-refractivity contribution in [1.29, 1.82) is 0 Å². The zero-order valence-corrected chi connectivity index (χ0v) is 38.5. The van der Waals surface area contributed by atoms with Crippen molar-refractivity contribution in [1.82, 2.24) is 0 Å². The summed E-state index contributed by atoms with van der Waals surface area (Å²) in [5.74, 6) is 0.0414. The van der Waals surface area contributed by atoms with E-state index in [2.05, 4.69) is 97.9 Å². The van der Waals surface area contributed by atoms with Gasteiger partial charge in [0.15, 0.2) is 12.6 Å². The molecule has 0 spiro atoms. The highest BCUT2D eigenvalue weighted by atomic mass is 16.8. The van der Waals surface area contributed by atoms with Gasteiger partial charge in [0.25, 0.3) is 0 Å². The molecule has 2 heterocycles. The number of ether oxygens (including phenoxy) is 9. The molecule has 9 nitrogen and oxygen atoms in total. The van der Waals surface area contributed by atoms with Crippen molar-refractivity contribution in [2.24, 2.45) is 5.92 Å². The maximum Gasteiger partial charge on any atom is 0.187 e. The molecule has 350 valence electrons. The van der Waals surface area contributed by atoms with Crippen LogP contribution in [0.25, 0.3) is 10.8 Å². The lowest BCUT2D eigenvalue weighted by atomic mass is 9.81. The molecule has 0 bridgehead atoms. The smallest absolute Gasteiger partial charge is 0.187 e. The summed E-state index contributed by atoms with van der Waals surface area (Å²) >= 11 is 0. The number of hydrogen-bond acceptors (Lipinski definition) is 9. The first-order chi connectivity index (χ1) is 33.6. The molecule has 0 radical (unpaired) electrons. The van der Waals surface area contributed by atoms with Gasteiger partial charge < -0.3 is 42.6 Å². The van der Waals surface area contributed by atoms with E-state index in [0.717, 1.165) is 38.8 Å². The molecule has 3 aliphatic rings. The summed E-state index contributed by atoms with van der Waals surface area (Å²) < 4.78 is 63.1. The van der Waals surface area contributed by atoms with Gasteiger partial charge in [0.2, 0.25) is 0 Å². The molecule has 0 amide bonds. The summed E-state index contributed by atoms with van der Waals surface area (Å²) in [7, 11) is 0. The molecule has 7 aromatic carbocycles. The number of rotatable bonds is 18. The Hall–Kier alpha value is -5.56. The van der Waals surface area contributed by atoms with Crippen LogP contribution in [0.1, 0.15) is 53.0 Å². The van der Waals surface area contributed by atoms with Crippen molar-refractivity contribution in [3.8, 4) is 0 Å². The van der Waals surface area contributed by atoms with Crippen LogP contribution < -0.4 is 0 Å². The average molecular weight is 913 g/mol. The van der Waals surface area contributed by atoms with Gasteiger partial charge in [-0.25, -0.2) is 0 Å². The van der Waals surface area contributed by atoms with Gasteiger partial charge in [-0.3, -0.25) is 0 Å². The largest absolute Gasteiger partial charge is 0.371 e. The molecule has 3 fully saturated rings. The third kappa shape index (κ3) is 11.5. The zero-order valence-electron chi connectivity index (χ0n) is 38.5. The maximum atomic E-state index is 7.51. The molecule has 1 saturated carbocycles. The normalized spacial score (nSPS) is 27.1. The van der Waals surface area contributed by atoms with Crippen LogP contribution >= 0.6 is 0 Å². The van der Waals surface area contributed by atoms with E-state index in [1.54, 1.807) is 0 Å². The van der Waals surface area contributed by atoms with E-state index in [-0.39, 0.29) is 25.2 Å². The number of benzene rings is 7. The van der Waals surface area contributed by atoms with Crippen molar-refractivity contribution in [2.45, 2.75) is 108 Å². The van der Waals surface area contributed by atoms with Gasteiger partial charge in [-0.1, -0.05) is 195 Å². The molecular weight excluding hydrogens is 853 g/mol. The Bertz CT molecular complexity index is 2580. The summed E-state index contributed by atoms with van der Waals surface area (Å²) in [6.07, 6.45) is -5.45. The van der Waals surface area contributed by atoms with Crippen LogP contribution in [-0.2, 0) is 75.7 Å². The molecule has 10 rings (SSSR count). The van der Waals surface area contributed by atoms with Crippen LogP contribution in [0, 0.1) is 5.92 Å². The average Bonchev–Trinajstić information content (AvgIpc) is 3.40. The van der Waals surface area contributed by atoms with E-state index in [1.165, 1.54) is 5.39 Å². The monoisotopic (exact) mass is 912 g/mol. The second kappa shape index (κ2) is 22.7. The lowest BCUT2D eigenvalue weighted by Crippen LogP contribution is -2.66. The standard InChI is InChI=1S/C59H60O9/c1-41-33-50(60-39-46-31-32-47-27-17-18-30-49(47)34-46)53(55(62-36-43-21-9-3-10-22-43)52(41)61-35-42-19-7-2-8-20-42)68-59-57(64-38-45-25-13-5-14-26-45)56(63-37-44-23-11-4-12-24-44)54-51(66-59)40-65-58(67-54)48-28-15-6-16-29-48/h2-32,34,41,50-59H,33,35-40H2,1H3/t41-,50-,51-,52+,53+,54-,55-,56+,57-,58-,59-/m1/s1. The van der Waals surface area contributed by atoms with Crippen molar-refractivity contribution in [3.63, 3.8) is 0 Å². The third-order valence-corrected chi connectivity index (χ3v) is 13.2. The van der Waals surface area contributed by atoms with Gasteiger partial charge in [-0.15, -0.1) is 0 Å². The molecule has 7 aromatic rings. The van der Waals surface area contributed by atoms with Crippen LogP contribution in [0.15, 0.2) is 194 Å². The second-order valence-corrected chi connectivity index (χ2v) is 18.1. The van der Waals surface area contributed by atoms with Gasteiger partial charge in [0.05, 0.1) is 51.8 Å². The highest BCUT2D eigenvalue weighted by molar-refractivity contribution is 5.82. The third-order valence-electron chi connectivity index (χ3n) is 13.2. The van der Waals surface area contributed by atoms with Crippen molar-refractivity contribution in [3.05, 3.63) is 228 Å². The molecule has 11 atom stereocenters. The van der Waals surface area contributed by atoms with E-state index >= 15 is 0 Å². The summed E-state index contributed by atoms with van der Waals surface area (Å²) in [6.45, 7) is 4.21.